The first-order chi connectivity index (χ1) is 30.7. The predicted molar refractivity (Wildman–Crippen MR) is 261 cm³/mol. The molecule has 0 aliphatic rings. The highest BCUT2D eigenvalue weighted by molar-refractivity contribution is 7.26. The molecule has 288 valence electrons. The van der Waals surface area contributed by atoms with Gasteiger partial charge in [-0.1, -0.05) is 97.1 Å². The normalized spacial score (nSPS) is 12.2. The summed E-state index contributed by atoms with van der Waals surface area (Å²) in [4.78, 5) is 16.0. The monoisotopic (exact) mass is 826 g/mol. The third-order valence-corrected chi connectivity index (χ3v) is 14.7. The zero-order valence-electron chi connectivity index (χ0n) is 32.8. The first-order valence-corrected chi connectivity index (χ1v) is 22.3. The van der Waals surface area contributed by atoms with Gasteiger partial charge in [-0.2, -0.15) is 0 Å². The van der Waals surface area contributed by atoms with Crippen LogP contribution >= 0.6 is 22.7 Å². The van der Waals surface area contributed by atoms with Gasteiger partial charge in [0.25, 0.3) is 0 Å². The summed E-state index contributed by atoms with van der Waals surface area (Å²) in [6.07, 6.45) is 0. The second-order valence-electron chi connectivity index (χ2n) is 15.9. The van der Waals surface area contributed by atoms with Crippen molar-refractivity contribution < 1.29 is 4.42 Å². The van der Waals surface area contributed by atoms with Gasteiger partial charge in [0.15, 0.2) is 23.1 Å². The Balaban J connectivity index is 1.05. The number of furan rings is 1. The Kier molecular flexibility index (Phi) is 7.08. The van der Waals surface area contributed by atoms with Crippen LogP contribution in [0.1, 0.15) is 0 Å². The third kappa shape index (κ3) is 4.97. The fraction of sp³-hybridized carbons (Fsp3) is 0. The second kappa shape index (κ2) is 12.9. The fourth-order valence-corrected chi connectivity index (χ4v) is 11.7. The van der Waals surface area contributed by atoms with Gasteiger partial charge in [0, 0.05) is 78.6 Å². The number of rotatable bonds is 4. The molecule has 0 saturated carbocycles. The van der Waals surface area contributed by atoms with Crippen LogP contribution in [0.5, 0.6) is 0 Å². The van der Waals surface area contributed by atoms with Crippen LogP contribution in [0.4, 0.5) is 0 Å². The molecule has 0 aliphatic heterocycles. The van der Waals surface area contributed by atoms with E-state index < -0.39 is 0 Å². The van der Waals surface area contributed by atoms with E-state index in [0.29, 0.717) is 17.5 Å². The van der Waals surface area contributed by atoms with Gasteiger partial charge in [0.2, 0.25) is 0 Å². The Morgan fingerprint density at radius 3 is 1.63 bits per heavy atom. The van der Waals surface area contributed by atoms with Crippen molar-refractivity contribution in [2.45, 2.75) is 0 Å². The minimum Gasteiger partial charge on any atom is -0.454 e. The van der Waals surface area contributed by atoms with Crippen molar-refractivity contribution in [3.63, 3.8) is 0 Å². The van der Waals surface area contributed by atoms with Gasteiger partial charge in [-0.3, -0.25) is 0 Å². The molecule has 5 heterocycles. The molecule has 0 N–H and O–H groups in total. The fourth-order valence-electron chi connectivity index (χ4n) is 9.58. The largest absolute Gasteiger partial charge is 0.454 e. The summed E-state index contributed by atoms with van der Waals surface area (Å²) in [5, 5.41) is 11.6. The first kappa shape index (κ1) is 34.0. The Bertz CT molecular complexity index is 4060. The molecule has 0 atom stereocenters. The zero-order valence-corrected chi connectivity index (χ0v) is 34.5. The molecule has 0 amide bonds. The lowest BCUT2D eigenvalue weighted by molar-refractivity contribution is 0.666. The Hall–Kier alpha value is -7.71. The summed E-state index contributed by atoms with van der Waals surface area (Å²) in [7, 11) is 0. The van der Waals surface area contributed by atoms with E-state index in [9.17, 15) is 0 Å². The number of fused-ring (bicyclic) bond motifs is 13. The number of benzene rings is 9. The van der Waals surface area contributed by atoms with Crippen LogP contribution in [-0.4, -0.2) is 19.5 Å². The second-order valence-corrected chi connectivity index (χ2v) is 18.1. The van der Waals surface area contributed by atoms with E-state index in [2.05, 4.69) is 174 Å². The van der Waals surface area contributed by atoms with Crippen LogP contribution in [0.15, 0.2) is 186 Å². The SMILES string of the molecule is c1ccc2cc3c(cc2c1)c1ccccc1n3-c1ccc(-c2nc(-c3ccc4sc5ccccc5c4c3)nc(-c3ccc4sc5ccccc5c4c3)n2)c2c1oc1ccccc12. The van der Waals surface area contributed by atoms with Crippen molar-refractivity contribution in [2.24, 2.45) is 0 Å². The quantitative estimate of drug-likeness (QED) is 0.177. The number of hydrogen-bond donors (Lipinski definition) is 0. The van der Waals surface area contributed by atoms with E-state index in [1.807, 2.05) is 34.8 Å². The van der Waals surface area contributed by atoms with Gasteiger partial charge in [-0.05, 0) is 95.7 Å². The molecule has 5 nitrogen and oxygen atoms in total. The predicted octanol–water partition coefficient (Wildman–Crippen LogP) is 15.8. The van der Waals surface area contributed by atoms with Crippen molar-refractivity contribution in [1.82, 2.24) is 19.5 Å². The summed E-state index contributed by atoms with van der Waals surface area (Å²) >= 11 is 3.62. The van der Waals surface area contributed by atoms with Crippen LogP contribution in [0.3, 0.4) is 0 Å². The van der Waals surface area contributed by atoms with E-state index in [0.717, 1.165) is 55.3 Å². The van der Waals surface area contributed by atoms with Gasteiger partial charge in [0.1, 0.15) is 5.58 Å². The smallest absolute Gasteiger partial charge is 0.164 e. The summed E-state index contributed by atoms with van der Waals surface area (Å²) < 4.78 is 14.3. The standard InChI is InChI=1S/C55H30N4OS2/c1-2-12-32-30-45-40(27-31(32)11-1)35-13-3-7-17-43(35)59(45)44-24-23-39(51-38-16-4-8-18-46(38)60-52(44)51)55-57-53(33-21-25-49-41(28-33)36-14-5-9-19-47(36)61-49)56-54(58-55)34-22-26-50-42(29-34)37-15-6-10-20-48(37)62-50/h1-30H. The molecule has 14 rings (SSSR count). The highest BCUT2D eigenvalue weighted by Crippen LogP contribution is 2.44. The van der Waals surface area contributed by atoms with Crippen LogP contribution in [-0.2, 0) is 0 Å². The molecular weight excluding hydrogens is 797 g/mol. The molecular formula is C55H30N4OS2. The number of nitrogens with zero attached hydrogens (tertiary/aromatic N) is 4. The molecule has 0 radical (unpaired) electrons. The van der Waals surface area contributed by atoms with Gasteiger partial charge in [-0.25, -0.2) is 15.0 Å². The average molecular weight is 827 g/mol. The number of para-hydroxylation sites is 2. The molecule has 0 bridgehead atoms. The highest BCUT2D eigenvalue weighted by Gasteiger charge is 2.24. The van der Waals surface area contributed by atoms with Crippen molar-refractivity contribution in [2.75, 3.05) is 0 Å². The van der Waals surface area contributed by atoms with E-state index in [1.165, 1.54) is 61.9 Å². The van der Waals surface area contributed by atoms with Crippen LogP contribution in [0, 0.1) is 0 Å². The minimum absolute atomic E-state index is 0.590. The molecule has 7 heteroatoms. The zero-order chi connectivity index (χ0) is 40.5. The molecule has 0 saturated heterocycles. The van der Waals surface area contributed by atoms with E-state index in [-0.39, 0.29) is 0 Å². The molecule has 62 heavy (non-hydrogen) atoms. The highest BCUT2D eigenvalue weighted by atomic mass is 32.1. The Morgan fingerprint density at radius 2 is 0.935 bits per heavy atom. The molecule has 0 aliphatic carbocycles. The van der Waals surface area contributed by atoms with Crippen LogP contribution in [0.2, 0.25) is 0 Å². The first-order valence-electron chi connectivity index (χ1n) is 20.7. The topological polar surface area (TPSA) is 56.7 Å². The molecule has 0 unspecified atom stereocenters. The lowest BCUT2D eigenvalue weighted by Gasteiger charge is -2.13. The molecule has 9 aromatic carbocycles. The maximum atomic E-state index is 6.96. The van der Waals surface area contributed by atoms with Crippen LogP contribution < -0.4 is 0 Å². The maximum absolute atomic E-state index is 6.96. The average Bonchev–Trinajstić information content (AvgIpc) is 4.09. The van der Waals surface area contributed by atoms with Crippen molar-refractivity contribution >= 4 is 118 Å². The molecule has 14 aromatic rings. The number of aromatic nitrogens is 4. The van der Waals surface area contributed by atoms with Crippen molar-refractivity contribution in [3.05, 3.63) is 182 Å². The Morgan fingerprint density at radius 1 is 0.387 bits per heavy atom. The Labute approximate surface area is 361 Å². The summed E-state index contributed by atoms with van der Waals surface area (Å²) in [6, 6.07) is 64.9. The minimum atomic E-state index is 0.590. The molecule has 0 spiro atoms. The molecule has 5 aromatic heterocycles. The lowest BCUT2D eigenvalue weighted by Crippen LogP contribution is -2.01. The lowest BCUT2D eigenvalue weighted by atomic mass is 10.0. The number of thiophene rings is 2. The van der Waals surface area contributed by atoms with Gasteiger partial charge < -0.3 is 8.98 Å². The van der Waals surface area contributed by atoms with Gasteiger partial charge in [-0.15, -0.1) is 22.7 Å². The maximum Gasteiger partial charge on any atom is 0.164 e. The summed E-state index contributed by atoms with van der Waals surface area (Å²) in [5.41, 5.74) is 7.55. The third-order valence-electron chi connectivity index (χ3n) is 12.4. The summed E-state index contributed by atoms with van der Waals surface area (Å²) in [6.45, 7) is 0. The van der Waals surface area contributed by atoms with E-state index in [4.69, 9.17) is 19.4 Å². The van der Waals surface area contributed by atoms with E-state index >= 15 is 0 Å². The molecule has 0 fully saturated rings. The van der Waals surface area contributed by atoms with Gasteiger partial charge in [0.05, 0.1) is 16.7 Å². The van der Waals surface area contributed by atoms with Crippen LogP contribution in [0.25, 0.3) is 135 Å². The number of hydrogen-bond acceptors (Lipinski definition) is 6. The van der Waals surface area contributed by atoms with Crippen molar-refractivity contribution in [3.8, 4) is 39.9 Å². The van der Waals surface area contributed by atoms with E-state index in [1.54, 1.807) is 0 Å². The van der Waals surface area contributed by atoms with Gasteiger partial charge >= 0.3 is 0 Å². The summed E-state index contributed by atoms with van der Waals surface area (Å²) in [5.74, 6) is 1.83. The van der Waals surface area contributed by atoms with Crippen molar-refractivity contribution in [1.29, 1.82) is 0 Å².